The molecule has 1 aromatic rings. The second-order valence-corrected chi connectivity index (χ2v) is 5.72. The number of aromatic amines is 1. The first-order valence-electron chi connectivity index (χ1n) is 4.54. The van der Waals surface area contributed by atoms with Crippen molar-refractivity contribution in [3.8, 4) is 0 Å². The second kappa shape index (κ2) is 5.48. The van der Waals surface area contributed by atoms with Gasteiger partial charge in [-0.1, -0.05) is 0 Å². The molecule has 0 unspecified atom stereocenters. The molecule has 0 atom stereocenters. The number of rotatable bonds is 6. The Labute approximate surface area is 94.5 Å². The van der Waals surface area contributed by atoms with Crippen molar-refractivity contribution >= 4 is 21.6 Å². The Morgan fingerprint density at radius 3 is 2.87 bits per heavy atom. The standard InChI is InChI=1S/C8H14ClN3O2S/c1-12(7-8-10-4-5-11-8)15(13,14)6-2-3-9/h4-5H,2-3,6-7H2,1H3,(H,10,11). The molecule has 0 bridgehead atoms. The zero-order valence-corrected chi connectivity index (χ0v) is 10.1. The smallest absolute Gasteiger partial charge is 0.214 e. The van der Waals surface area contributed by atoms with Crippen molar-refractivity contribution in [1.29, 1.82) is 0 Å². The van der Waals surface area contributed by atoms with Gasteiger partial charge in [0.25, 0.3) is 0 Å². The molecule has 1 rings (SSSR count). The summed E-state index contributed by atoms with van der Waals surface area (Å²) in [6.07, 6.45) is 3.72. The summed E-state index contributed by atoms with van der Waals surface area (Å²) in [5.41, 5.74) is 0. The summed E-state index contributed by atoms with van der Waals surface area (Å²) >= 11 is 5.45. The third-order valence-corrected chi connectivity index (χ3v) is 4.09. The van der Waals surface area contributed by atoms with Gasteiger partial charge in [0.1, 0.15) is 5.82 Å². The normalized spacial score (nSPS) is 12.2. The first-order chi connectivity index (χ1) is 7.06. The number of sulfonamides is 1. The Kier molecular flexibility index (Phi) is 4.56. The number of nitrogens with one attached hydrogen (secondary N) is 1. The van der Waals surface area contributed by atoms with Crippen LogP contribution in [-0.2, 0) is 16.6 Å². The zero-order chi connectivity index (χ0) is 11.3. The highest BCUT2D eigenvalue weighted by Crippen LogP contribution is 2.05. The molecule has 0 fully saturated rings. The molecule has 7 heteroatoms. The fraction of sp³-hybridized carbons (Fsp3) is 0.625. The van der Waals surface area contributed by atoms with Crippen molar-refractivity contribution in [2.45, 2.75) is 13.0 Å². The number of alkyl halides is 1. The molecule has 86 valence electrons. The van der Waals surface area contributed by atoms with Crippen LogP contribution in [0.3, 0.4) is 0 Å². The van der Waals surface area contributed by atoms with Gasteiger partial charge in [-0.3, -0.25) is 0 Å². The van der Waals surface area contributed by atoms with Crippen LogP contribution in [0.1, 0.15) is 12.2 Å². The van der Waals surface area contributed by atoms with Crippen molar-refractivity contribution in [1.82, 2.24) is 14.3 Å². The molecule has 0 amide bonds. The van der Waals surface area contributed by atoms with Crippen molar-refractivity contribution in [2.75, 3.05) is 18.7 Å². The maximum Gasteiger partial charge on any atom is 0.214 e. The van der Waals surface area contributed by atoms with E-state index in [1.165, 1.54) is 11.4 Å². The highest BCUT2D eigenvalue weighted by molar-refractivity contribution is 7.89. The first kappa shape index (κ1) is 12.5. The van der Waals surface area contributed by atoms with E-state index in [0.717, 1.165) is 0 Å². The number of imidazole rings is 1. The molecule has 0 saturated heterocycles. The molecular formula is C8H14ClN3O2S. The van der Waals surface area contributed by atoms with Gasteiger partial charge in [-0.25, -0.2) is 13.4 Å². The van der Waals surface area contributed by atoms with Gasteiger partial charge in [-0.2, -0.15) is 4.31 Å². The maximum absolute atomic E-state index is 11.6. The minimum atomic E-state index is -3.21. The van der Waals surface area contributed by atoms with Crippen LogP contribution in [0.25, 0.3) is 0 Å². The number of hydrogen-bond donors (Lipinski definition) is 1. The average molecular weight is 252 g/mol. The highest BCUT2D eigenvalue weighted by Gasteiger charge is 2.17. The van der Waals surface area contributed by atoms with E-state index in [4.69, 9.17) is 11.6 Å². The Morgan fingerprint density at radius 2 is 2.33 bits per heavy atom. The van der Waals surface area contributed by atoms with E-state index in [9.17, 15) is 8.42 Å². The van der Waals surface area contributed by atoms with E-state index in [1.807, 2.05) is 0 Å². The van der Waals surface area contributed by atoms with Gasteiger partial charge in [0.05, 0.1) is 12.3 Å². The number of nitrogens with zero attached hydrogens (tertiary/aromatic N) is 2. The van der Waals surface area contributed by atoms with E-state index in [-0.39, 0.29) is 12.3 Å². The summed E-state index contributed by atoms with van der Waals surface area (Å²) in [6, 6.07) is 0. The number of hydrogen-bond acceptors (Lipinski definition) is 3. The van der Waals surface area contributed by atoms with Gasteiger partial charge < -0.3 is 4.98 Å². The summed E-state index contributed by atoms with van der Waals surface area (Å²) < 4.78 is 24.6. The van der Waals surface area contributed by atoms with Crippen LogP contribution in [0.4, 0.5) is 0 Å². The van der Waals surface area contributed by atoms with Crippen LogP contribution in [0.15, 0.2) is 12.4 Å². The summed E-state index contributed by atoms with van der Waals surface area (Å²) in [4.78, 5) is 6.82. The van der Waals surface area contributed by atoms with Gasteiger partial charge in [-0.05, 0) is 6.42 Å². The van der Waals surface area contributed by atoms with Crippen LogP contribution in [-0.4, -0.2) is 41.4 Å². The fourth-order valence-electron chi connectivity index (χ4n) is 1.09. The fourth-order valence-corrected chi connectivity index (χ4v) is 2.52. The second-order valence-electron chi connectivity index (χ2n) is 3.15. The van der Waals surface area contributed by atoms with E-state index in [2.05, 4.69) is 9.97 Å². The predicted octanol–water partition coefficient (Wildman–Crippen LogP) is 0.800. The Bertz CT molecular complexity index is 377. The van der Waals surface area contributed by atoms with Crippen molar-refractivity contribution in [3.63, 3.8) is 0 Å². The number of H-pyrrole nitrogens is 1. The maximum atomic E-state index is 11.6. The topological polar surface area (TPSA) is 66.1 Å². The zero-order valence-electron chi connectivity index (χ0n) is 8.48. The molecule has 0 aromatic carbocycles. The van der Waals surface area contributed by atoms with Crippen LogP contribution in [0.5, 0.6) is 0 Å². The van der Waals surface area contributed by atoms with Crippen LogP contribution in [0.2, 0.25) is 0 Å². The third-order valence-electron chi connectivity index (χ3n) is 1.94. The summed E-state index contributed by atoms with van der Waals surface area (Å²) in [5.74, 6) is 1.06. The Morgan fingerprint density at radius 1 is 1.60 bits per heavy atom. The van der Waals surface area contributed by atoms with Crippen molar-refractivity contribution in [2.24, 2.45) is 0 Å². The van der Waals surface area contributed by atoms with Crippen LogP contribution < -0.4 is 0 Å². The molecule has 0 radical (unpaired) electrons. The Hall–Kier alpha value is -0.590. The molecule has 0 aliphatic heterocycles. The monoisotopic (exact) mass is 251 g/mol. The van der Waals surface area contributed by atoms with Gasteiger partial charge in [0.2, 0.25) is 10.0 Å². The van der Waals surface area contributed by atoms with E-state index in [1.54, 1.807) is 12.4 Å². The van der Waals surface area contributed by atoms with E-state index >= 15 is 0 Å². The van der Waals surface area contributed by atoms with Crippen LogP contribution >= 0.6 is 11.6 Å². The predicted molar refractivity (Wildman–Crippen MR) is 59.2 cm³/mol. The molecule has 5 nitrogen and oxygen atoms in total. The quantitative estimate of drug-likeness (QED) is 0.761. The van der Waals surface area contributed by atoms with Gasteiger partial charge in [-0.15, -0.1) is 11.6 Å². The molecule has 0 saturated carbocycles. The van der Waals surface area contributed by atoms with Crippen LogP contribution in [0, 0.1) is 0 Å². The third kappa shape index (κ3) is 3.81. The minimum Gasteiger partial charge on any atom is -0.347 e. The summed E-state index contributed by atoms with van der Waals surface area (Å²) in [5, 5.41) is 0. The molecule has 0 aliphatic rings. The lowest BCUT2D eigenvalue weighted by molar-refractivity contribution is 0.457. The number of halogens is 1. The first-order valence-corrected chi connectivity index (χ1v) is 6.69. The summed E-state index contributed by atoms with van der Waals surface area (Å²) in [6.45, 7) is 0.262. The minimum absolute atomic E-state index is 0.0771. The lowest BCUT2D eigenvalue weighted by Crippen LogP contribution is -2.29. The molecule has 1 heterocycles. The van der Waals surface area contributed by atoms with E-state index in [0.29, 0.717) is 18.1 Å². The summed E-state index contributed by atoms with van der Waals surface area (Å²) in [7, 11) is -1.68. The highest BCUT2D eigenvalue weighted by atomic mass is 35.5. The average Bonchev–Trinajstić information content (AvgIpc) is 2.67. The largest absolute Gasteiger partial charge is 0.347 e. The lowest BCUT2D eigenvalue weighted by Gasteiger charge is -2.15. The number of aromatic nitrogens is 2. The van der Waals surface area contributed by atoms with Gasteiger partial charge in [0.15, 0.2) is 0 Å². The van der Waals surface area contributed by atoms with Crippen molar-refractivity contribution in [3.05, 3.63) is 18.2 Å². The molecular weight excluding hydrogens is 238 g/mol. The van der Waals surface area contributed by atoms with Gasteiger partial charge >= 0.3 is 0 Å². The van der Waals surface area contributed by atoms with Gasteiger partial charge in [0, 0.05) is 25.3 Å². The molecule has 1 N–H and O–H groups in total. The van der Waals surface area contributed by atoms with E-state index < -0.39 is 10.0 Å². The SMILES string of the molecule is CN(Cc1ncc[nH]1)S(=O)(=O)CCCCl. The molecule has 0 spiro atoms. The molecule has 15 heavy (non-hydrogen) atoms. The van der Waals surface area contributed by atoms with Crippen molar-refractivity contribution < 1.29 is 8.42 Å². The molecule has 0 aliphatic carbocycles. The molecule has 1 aromatic heterocycles. The lowest BCUT2D eigenvalue weighted by atomic mass is 10.6. The Balaban J connectivity index is 2.56.